The van der Waals surface area contributed by atoms with E-state index in [1.54, 1.807) is 18.3 Å². The Morgan fingerprint density at radius 1 is 1.07 bits per heavy atom. The number of aromatic nitrogens is 3. The van der Waals surface area contributed by atoms with E-state index in [4.69, 9.17) is 11.6 Å². The Morgan fingerprint density at radius 3 is 2.67 bits per heavy atom. The summed E-state index contributed by atoms with van der Waals surface area (Å²) < 4.78 is 56.2. The molecule has 0 saturated carbocycles. The molecule has 0 atom stereocenters. The first-order chi connectivity index (χ1) is 14.3. The number of hydrogen-bond acceptors (Lipinski definition) is 4. The van der Waals surface area contributed by atoms with E-state index in [1.807, 2.05) is 0 Å². The number of anilines is 1. The van der Waals surface area contributed by atoms with Gasteiger partial charge in [0, 0.05) is 17.1 Å². The molecule has 6 nitrogen and oxygen atoms in total. The number of nitrogens with zero attached hydrogens (tertiary/aromatic N) is 2. The first-order valence-electron chi connectivity index (χ1n) is 8.41. The fourth-order valence-electron chi connectivity index (χ4n) is 2.65. The number of pyridine rings is 1. The summed E-state index contributed by atoms with van der Waals surface area (Å²) >= 11 is 5.91. The van der Waals surface area contributed by atoms with Crippen LogP contribution in [0.3, 0.4) is 0 Å². The first kappa shape index (κ1) is 19.8. The van der Waals surface area contributed by atoms with Gasteiger partial charge < -0.3 is 0 Å². The molecule has 4 rings (SSSR count). The van der Waals surface area contributed by atoms with Crippen molar-refractivity contribution in [3.05, 3.63) is 82.6 Å². The smallest absolute Gasteiger partial charge is 0.263 e. The molecule has 0 aliphatic heterocycles. The van der Waals surface area contributed by atoms with Gasteiger partial charge in [-0.3, -0.25) is 9.82 Å². The molecule has 4 aromatic rings. The quantitative estimate of drug-likeness (QED) is 0.466. The molecule has 0 aliphatic carbocycles. The number of nitrogens with one attached hydrogen (secondary N) is 2. The predicted molar refractivity (Wildman–Crippen MR) is 108 cm³/mol. The molecule has 0 spiro atoms. The third-order valence-electron chi connectivity index (χ3n) is 4.08. The lowest BCUT2D eigenvalue weighted by molar-refractivity contribution is 0.578. The number of rotatable bonds is 3. The Kier molecular flexibility index (Phi) is 5.11. The first-order valence-corrected chi connectivity index (χ1v) is 10.3. The van der Waals surface area contributed by atoms with Gasteiger partial charge >= 0.3 is 0 Å². The molecule has 0 fully saturated rings. The van der Waals surface area contributed by atoms with E-state index in [0.29, 0.717) is 16.6 Å². The zero-order chi connectivity index (χ0) is 21.3. The van der Waals surface area contributed by atoms with Gasteiger partial charge in [-0.25, -0.2) is 22.2 Å². The highest BCUT2D eigenvalue weighted by molar-refractivity contribution is 7.92. The summed E-state index contributed by atoms with van der Waals surface area (Å²) in [7, 11) is -4.19. The molecule has 0 aliphatic rings. The van der Waals surface area contributed by atoms with Gasteiger partial charge in [-0.1, -0.05) is 35.6 Å². The highest BCUT2D eigenvalue weighted by Gasteiger charge is 2.21. The monoisotopic (exact) mass is 444 g/mol. The maximum atomic E-state index is 14.9. The molecule has 2 N–H and O–H groups in total. The zero-order valence-corrected chi connectivity index (χ0v) is 16.5. The molecule has 2 aromatic heterocycles. The predicted octanol–water partition coefficient (Wildman–Crippen LogP) is 4.09. The Bertz CT molecular complexity index is 1440. The maximum absolute atomic E-state index is 14.9. The van der Waals surface area contributed by atoms with Gasteiger partial charge in [-0.2, -0.15) is 5.10 Å². The van der Waals surface area contributed by atoms with E-state index in [0.717, 1.165) is 12.1 Å². The van der Waals surface area contributed by atoms with Gasteiger partial charge in [0.25, 0.3) is 10.0 Å². The van der Waals surface area contributed by atoms with E-state index in [1.165, 1.54) is 24.4 Å². The lowest BCUT2D eigenvalue weighted by Crippen LogP contribution is -2.15. The second-order valence-electron chi connectivity index (χ2n) is 6.10. The highest BCUT2D eigenvalue weighted by atomic mass is 35.5. The van der Waals surface area contributed by atoms with Gasteiger partial charge in [0.2, 0.25) is 0 Å². The Labute approximate surface area is 175 Å². The zero-order valence-electron chi connectivity index (χ0n) is 14.9. The summed E-state index contributed by atoms with van der Waals surface area (Å²) in [5.41, 5.74) is -0.0793. The molecule has 150 valence electrons. The van der Waals surface area contributed by atoms with Gasteiger partial charge in [-0.05, 0) is 30.3 Å². The molecule has 0 saturated heterocycles. The minimum atomic E-state index is -4.19. The van der Waals surface area contributed by atoms with Crippen molar-refractivity contribution in [3.8, 4) is 11.8 Å². The molecule has 0 amide bonds. The van der Waals surface area contributed by atoms with Gasteiger partial charge in [0.05, 0.1) is 22.5 Å². The number of H-pyrrole nitrogens is 1. The Hall–Kier alpha value is -3.48. The van der Waals surface area contributed by atoms with Crippen LogP contribution < -0.4 is 4.72 Å². The van der Waals surface area contributed by atoms with E-state index in [9.17, 15) is 17.2 Å². The van der Waals surface area contributed by atoms with Crippen molar-refractivity contribution in [1.82, 2.24) is 15.2 Å². The van der Waals surface area contributed by atoms with E-state index in [2.05, 4.69) is 31.7 Å². The number of aromatic amines is 1. The van der Waals surface area contributed by atoms with Crippen molar-refractivity contribution in [3.63, 3.8) is 0 Å². The minimum Gasteiger partial charge on any atom is -0.277 e. The molecule has 0 bridgehead atoms. The fraction of sp³-hybridized carbons (Fsp3) is 0. The summed E-state index contributed by atoms with van der Waals surface area (Å²) in [6.45, 7) is 0. The summed E-state index contributed by atoms with van der Waals surface area (Å²) in [4.78, 5) is 3.86. The van der Waals surface area contributed by atoms with Crippen LogP contribution in [0.2, 0.25) is 5.02 Å². The Morgan fingerprint density at radius 2 is 1.87 bits per heavy atom. The maximum Gasteiger partial charge on any atom is 0.263 e. The van der Waals surface area contributed by atoms with E-state index in [-0.39, 0.29) is 9.92 Å². The van der Waals surface area contributed by atoms with Crippen molar-refractivity contribution in [1.29, 1.82) is 0 Å². The third kappa shape index (κ3) is 3.83. The van der Waals surface area contributed by atoms with Crippen LogP contribution in [0, 0.1) is 23.5 Å². The second-order valence-corrected chi connectivity index (χ2v) is 8.16. The lowest BCUT2D eigenvalue weighted by atomic mass is 10.1. The molecule has 0 unspecified atom stereocenters. The van der Waals surface area contributed by atoms with Crippen LogP contribution in [-0.4, -0.2) is 23.6 Å². The largest absolute Gasteiger partial charge is 0.277 e. The minimum absolute atomic E-state index is 0.0327. The Balaban J connectivity index is 1.70. The molecule has 2 heterocycles. The summed E-state index contributed by atoms with van der Waals surface area (Å²) in [6.07, 6.45) is 2.96. The van der Waals surface area contributed by atoms with E-state index >= 15 is 0 Å². The van der Waals surface area contributed by atoms with E-state index < -0.39 is 32.9 Å². The molecule has 10 heteroatoms. The summed E-state index contributed by atoms with van der Waals surface area (Å²) in [6, 6.07) is 9.24. The van der Waals surface area contributed by atoms with Crippen molar-refractivity contribution < 1.29 is 17.2 Å². The number of sulfonamides is 1. The number of benzene rings is 2. The molecule has 30 heavy (non-hydrogen) atoms. The molecule has 0 radical (unpaired) electrons. The topological polar surface area (TPSA) is 87.7 Å². The number of fused-ring (bicyclic) bond motifs is 1. The molecular weight excluding hydrogens is 434 g/mol. The van der Waals surface area contributed by atoms with Crippen LogP contribution in [-0.2, 0) is 10.0 Å². The second kappa shape index (κ2) is 7.74. The standard InChI is InChI=1S/C20H11ClF2N4O2S/c21-15-3-1-2-4-18(15)30(28,29)27-17-8-7-16(22)14(19(17)23)6-5-12-9-13-11-25-26-20(13)24-10-12/h1-4,7-11,27H,(H,24,25,26). The van der Waals surface area contributed by atoms with Crippen LogP contribution in [0.15, 0.2) is 59.8 Å². The van der Waals surface area contributed by atoms with Gasteiger partial charge in [0.15, 0.2) is 11.5 Å². The average molecular weight is 445 g/mol. The average Bonchev–Trinajstić information content (AvgIpc) is 3.18. The third-order valence-corrected chi connectivity index (χ3v) is 5.95. The molecular formula is C20H11ClF2N4O2S. The van der Waals surface area contributed by atoms with Gasteiger partial charge in [-0.15, -0.1) is 0 Å². The summed E-state index contributed by atoms with van der Waals surface area (Å²) in [5.74, 6) is 2.95. The number of hydrogen-bond donors (Lipinski definition) is 2. The van der Waals surface area contributed by atoms with Crippen LogP contribution >= 0.6 is 11.6 Å². The van der Waals surface area contributed by atoms with Crippen LogP contribution in [0.25, 0.3) is 11.0 Å². The van der Waals surface area contributed by atoms with Crippen LogP contribution in [0.1, 0.15) is 11.1 Å². The van der Waals surface area contributed by atoms with Crippen molar-refractivity contribution in [2.75, 3.05) is 4.72 Å². The van der Waals surface area contributed by atoms with Gasteiger partial charge in [0.1, 0.15) is 10.7 Å². The van der Waals surface area contributed by atoms with Crippen LogP contribution in [0.4, 0.5) is 14.5 Å². The number of halogens is 3. The van der Waals surface area contributed by atoms with Crippen molar-refractivity contribution in [2.24, 2.45) is 0 Å². The normalized spacial score (nSPS) is 11.2. The fourth-order valence-corrected chi connectivity index (χ4v) is 4.23. The van der Waals surface area contributed by atoms with Crippen molar-refractivity contribution in [2.45, 2.75) is 4.90 Å². The lowest BCUT2D eigenvalue weighted by Gasteiger charge is -2.11. The van der Waals surface area contributed by atoms with Crippen molar-refractivity contribution >= 4 is 38.3 Å². The highest BCUT2D eigenvalue weighted by Crippen LogP contribution is 2.26. The molecule has 2 aromatic carbocycles. The SMILES string of the molecule is O=S(=O)(Nc1ccc(F)c(C#Cc2cnc3[nH]ncc3c2)c1F)c1ccccc1Cl. The van der Waals surface area contributed by atoms with Crippen LogP contribution in [0.5, 0.6) is 0 Å². The summed E-state index contributed by atoms with van der Waals surface area (Å²) in [5, 5.41) is 7.17.